The zero-order chi connectivity index (χ0) is 22.5. The predicted molar refractivity (Wildman–Crippen MR) is 114 cm³/mol. The van der Waals surface area contributed by atoms with Gasteiger partial charge in [-0.2, -0.15) is 0 Å². The lowest BCUT2D eigenvalue weighted by molar-refractivity contribution is -0.177. The summed E-state index contributed by atoms with van der Waals surface area (Å²) in [4.78, 5) is 38.8. The third-order valence-corrected chi connectivity index (χ3v) is 7.45. The number of amides is 2. The van der Waals surface area contributed by atoms with Crippen LogP contribution in [0.2, 0.25) is 0 Å². The van der Waals surface area contributed by atoms with Crippen molar-refractivity contribution in [1.82, 2.24) is 5.06 Å². The fourth-order valence-corrected chi connectivity index (χ4v) is 5.51. The Balaban J connectivity index is 0.000000186. The molecule has 0 bridgehead atoms. The van der Waals surface area contributed by atoms with Gasteiger partial charge >= 0.3 is 6.16 Å². The van der Waals surface area contributed by atoms with Crippen LogP contribution in [-0.4, -0.2) is 41.4 Å². The highest BCUT2D eigenvalue weighted by Gasteiger charge is 2.49. The SMILES string of the molecule is O=C(OCC1[C@H]2CCC#CCC[C@@H]12)ON1C(=O)CCC1=O.OCC1[C@H]2CCC#CCC[C@@H]12. The molecule has 2 unspecified atom stereocenters. The first-order valence-corrected chi connectivity index (χ1v) is 11.8. The molecule has 172 valence electrons. The molecule has 0 aromatic rings. The Morgan fingerprint density at radius 2 is 1.25 bits per heavy atom. The summed E-state index contributed by atoms with van der Waals surface area (Å²) in [5.41, 5.74) is 0. The second kappa shape index (κ2) is 10.4. The largest absolute Gasteiger partial charge is 0.533 e. The van der Waals surface area contributed by atoms with Gasteiger partial charge in [0.15, 0.2) is 0 Å². The Morgan fingerprint density at radius 1 is 0.812 bits per heavy atom. The zero-order valence-corrected chi connectivity index (χ0v) is 18.4. The highest BCUT2D eigenvalue weighted by molar-refractivity contribution is 6.01. The van der Waals surface area contributed by atoms with Crippen molar-refractivity contribution >= 4 is 18.0 Å². The summed E-state index contributed by atoms with van der Waals surface area (Å²) in [5, 5.41) is 9.49. The summed E-state index contributed by atoms with van der Waals surface area (Å²) in [6, 6.07) is 0. The lowest BCUT2D eigenvalue weighted by Gasteiger charge is -2.12. The van der Waals surface area contributed by atoms with E-state index in [-0.39, 0.29) is 19.4 Å². The van der Waals surface area contributed by atoms with Crippen molar-refractivity contribution in [2.24, 2.45) is 35.5 Å². The van der Waals surface area contributed by atoms with Crippen LogP contribution in [0.25, 0.3) is 0 Å². The number of ether oxygens (including phenoxy) is 1. The maximum atomic E-state index is 11.5. The van der Waals surface area contributed by atoms with Crippen LogP contribution in [-0.2, 0) is 19.2 Å². The maximum Gasteiger partial charge on any atom is 0.533 e. The minimum absolute atomic E-state index is 0.0822. The van der Waals surface area contributed by atoms with Gasteiger partial charge in [-0.15, -0.1) is 23.7 Å². The van der Waals surface area contributed by atoms with Crippen LogP contribution in [0.5, 0.6) is 0 Å². The van der Waals surface area contributed by atoms with Crippen molar-refractivity contribution < 1.29 is 29.1 Å². The van der Waals surface area contributed by atoms with Gasteiger partial charge in [0, 0.05) is 45.1 Å². The summed E-state index contributed by atoms with van der Waals surface area (Å²) in [6.45, 7) is 0.680. The molecule has 0 aromatic heterocycles. The molecule has 6 atom stereocenters. The number of hydrogen-bond donors (Lipinski definition) is 1. The molecule has 0 spiro atoms. The van der Waals surface area contributed by atoms with Crippen molar-refractivity contribution in [2.45, 2.75) is 64.2 Å². The fraction of sp³-hybridized carbons (Fsp3) is 0.720. The van der Waals surface area contributed by atoms with Gasteiger partial charge in [-0.1, -0.05) is 5.06 Å². The van der Waals surface area contributed by atoms with Gasteiger partial charge in [-0.05, 0) is 61.2 Å². The molecule has 1 aliphatic heterocycles. The third-order valence-electron chi connectivity index (χ3n) is 7.45. The number of aliphatic hydroxyl groups excluding tert-OH is 1. The van der Waals surface area contributed by atoms with Crippen molar-refractivity contribution in [3.05, 3.63) is 0 Å². The van der Waals surface area contributed by atoms with Gasteiger partial charge in [0.05, 0.1) is 6.61 Å². The lowest BCUT2D eigenvalue weighted by Crippen LogP contribution is -2.32. The standard InChI is InChI=1S/C15H17NO5.C10H14O/c17-13-7-8-14(18)16(13)21-15(19)20-9-12-10-5-3-1-2-4-6-11(10)12;11-7-10-8-5-3-1-2-4-6-9(8)10/h10-12H,3-9H2;8-11H,3-7H2/t10-,11+,12?;8-,9+,10?. The quantitative estimate of drug-likeness (QED) is 0.409. The van der Waals surface area contributed by atoms with E-state index >= 15 is 0 Å². The molecular formula is C25H31NO6. The molecule has 7 nitrogen and oxygen atoms in total. The lowest BCUT2D eigenvalue weighted by atomic mass is 10.1. The first-order chi connectivity index (χ1) is 15.6. The Morgan fingerprint density at radius 3 is 1.69 bits per heavy atom. The van der Waals surface area contributed by atoms with Gasteiger partial charge < -0.3 is 9.84 Å². The molecule has 4 aliphatic carbocycles. The van der Waals surface area contributed by atoms with E-state index < -0.39 is 18.0 Å². The molecule has 2 amide bonds. The van der Waals surface area contributed by atoms with Crippen molar-refractivity contribution in [2.75, 3.05) is 13.2 Å². The van der Waals surface area contributed by atoms with E-state index in [2.05, 4.69) is 28.5 Å². The predicted octanol–water partition coefficient (Wildman–Crippen LogP) is 3.06. The number of carbonyl (C=O) groups is 3. The summed E-state index contributed by atoms with van der Waals surface area (Å²) < 4.78 is 5.05. The first-order valence-electron chi connectivity index (χ1n) is 11.8. The maximum absolute atomic E-state index is 11.5. The van der Waals surface area contributed by atoms with Crippen LogP contribution >= 0.6 is 0 Å². The van der Waals surface area contributed by atoms with Crippen molar-refractivity contribution in [3.63, 3.8) is 0 Å². The average Bonchev–Trinajstić information content (AvgIpc) is 3.57. The Kier molecular flexibility index (Phi) is 7.37. The van der Waals surface area contributed by atoms with Gasteiger partial charge in [0.1, 0.15) is 0 Å². The topological polar surface area (TPSA) is 93.1 Å². The Labute approximate surface area is 189 Å². The number of rotatable bonds is 4. The normalized spacial score (nSPS) is 34.2. The van der Waals surface area contributed by atoms with Crippen molar-refractivity contribution in [3.8, 4) is 23.7 Å². The molecular weight excluding hydrogens is 410 g/mol. The molecule has 1 heterocycles. The first kappa shape index (κ1) is 22.7. The average molecular weight is 442 g/mol. The van der Waals surface area contributed by atoms with Crippen LogP contribution in [0.1, 0.15) is 64.2 Å². The van der Waals surface area contributed by atoms with E-state index in [1.807, 2.05) is 0 Å². The minimum Gasteiger partial charge on any atom is -0.432 e. The molecule has 1 N–H and O–H groups in total. The number of hydrogen-bond acceptors (Lipinski definition) is 6. The molecule has 0 aromatic carbocycles. The van der Waals surface area contributed by atoms with Crippen LogP contribution in [0.3, 0.4) is 0 Å². The molecule has 1 saturated heterocycles. The highest BCUT2D eigenvalue weighted by atomic mass is 16.8. The second-order valence-corrected chi connectivity index (χ2v) is 9.26. The van der Waals surface area contributed by atoms with Gasteiger partial charge in [0.25, 0.3) is 11.8 Å². The van der Waals surface area contributed by atoms with Crippen LogP contribution < -0.4 is 0 Å². The summed E-state index contributed by atoms with van der Waals surface area (Å²) in [5.74, 6) is 15.3. The van der Waals surface area contributed by atoms with E-state index in [0.717, 1.165) is 50.4 Å². The third kappa shape index (κ3) is 5.45. The number of hydroxylamine groups is 2. The molecule has 5 rings (SSSR count). The van der Waals surface area contributed by atoms with E-state index in [1.54, 1.807) is 0 Å². The molecule has 5 aliphatic rings. The van der Waals surface area contributed by atoms with Crippen LogP contribution in [0, 0.1) is 59.2 Å². The minimum atomic E-state index is -0.978. The van der Waals surface area contributed by atoms with E-state index in [9.17, 15) is 14.4 Å². The molecule has 7 heteroatoms. The van der Waals surface area contributed by atoms with Crippen LogP contribution in [0.4, 0.5) is 4.79 Å². The Bertz CT molecular complexity index is 809. The number of nitrogens with zero attached hydrogens (tertiary/aromatic N) is 1. The second-order valence-electron chi connectivity index (χ2n) is 9.26. The van der Waals surface area contributed by atoms with Crippen LogP contribution in [0.15, 0.2) is 0 Å². The summed E-state index contributed by atoms with van der Waals surface area (Å²) in [6.07, 6.45) is 7.64. The number of aliphatic hydroxyl groups is 1. The molecule has 32 heavy (non-hydrogen) atoms. The molecule has 2 saturated carbocycles. The van der Waals surface area contributed by atoms with Crippen molar-refractivity contribution in [1.29, 1.82) is 0 Å². The monoisotopic (exact) mass is 441 g/mol. The van der Waals surface area contributed by atoms with Gasteiger partial charge in [-0.3, -0.25) is 14.4 Å². The Hall–Kier alpha value is -2.51. The number of fused-ring (bicyclic) bond motifs is 2. The van der Waals surface area contributed by atoms with Gasteiger partial charge in [-0.25, -0.2) is 4.79 Å². The summed E-state index contributed by atoms with van der Waals surface area (Å²) in [7, 11) is 0. The smallest absolute Gasteiger partial charge is 0.432 e. The summed E-state index contributed by atoms with van der Waals surface area (Å²) >= 11 is 0. The van der Waals surface area contributed by atoms with E-state index in [1.165, 1.54) is 12.8 Å². The zero-order valence-electron chi connectivity index (χ0n) is 18.4. The van der Waals surface area contributed by atoms with Gasteiger partial charge in [0.2, 0.25) is 0 Å². The van der Waals surface area contributed by atoms with E-state index in [4.69, 9.17) is 9.84 Å². The number of carbonyl (C=O) groups excluding carboxylic acids is 3. The molecule has 3 fully saturated rings. The molecule has 0 radical (unpaired) electrons. The number of imide groups is 1. The van der Waals surface area contributed by atoms with E-state index in [0.29, 0.717) is 35.3 Å². The fourth-order valence-electron chi connectivity index (χ4n) is 5.51. The highest BCUT2D eigenvalue weighted by Crippen LogP contribution is 2.52.